The van der Waals surface area contributed by atoms with Gasteiger partial charge in [0.25, 0.3) is 0 Å². The molecule has 0 bridgehead atoms. The zero-order valence-corrected chi connectivity index (χ0v) is 48.8. The highest BCUT2D eigenvalue weighted by Crippen LogP contribution is 2.30. The molecule has 14 heteroatoms. The van der Waals surface area contributed by atoms with E-state index in [1.54, 1.807) is 0 Å². The van der Waals surface area contributed by atoms with Crippen LogP contribution in [0.1, 0.15) is 296 Å². The smallest absolute Gasteiger partial charge is 0.220 e. The number of carbonyl (C=O) groups is 1. The molecule has 2 saturated heterocycles. The number of aliphatic hydroxyl groups excluding tert-OH is 8. The molecule has 12 atom stereocenters. The topological polar surface area (TPSA) is 228 Å². The van der Waals surface area contributed by atoms with Crippen LogP contribution < -0.4 is 5.32 Å². The summed E-state index contributed by atoms with van der Waals surface area (Å²) in [7, 11) is 0. The van der Waals surface area contributed by atoms with E-state index in [2.05, 4.69) is 19.2 Å². The largest absolute Gasteiger partial charge is 0.394 e. The highest BCUT2D eigenvalue weighted by Gasteiger charge is 2.51. The van der Waals surface area contributed by atoms with Gasteiger partial charge in [0.1, 0.15) is 48.8 Å². The van der Waals surface area contributed by atoms with Crippen LogP contribution in [0.2, 0.25) is 0 Å². The van der Waals surface area contributed by atoms with E-state index < -0.39 is 86.8 Å². The van der Waals surface area contributed by atoms with Crippen LogP contribution in [0.3, 0.4) is 0 Å². The molecule has 452 valence electrons. The van der Waals surface area contributed by atoms with Gasteiger partial charge in [-0.05, 0) is 12.8 Å². The maximum absolute atomic E-state index is 13.3. The fourth-order valence-corrected chi connectivity index (χ4v) is 11.1. The van der Waals surface area contributed by atoms with Gasteiger partial charge in [-0.2, -0.15) is 0 Å². The Morgan fingerprint density at radius 1 is 0.421 bits per heavy atom. The van der Waals surface area contributed by atoms with E-state index in [1.807, 2.05) is 0 Å². The van der Waals surface area contributed by atoms with Crippen LogP contribution in [-0.4, -0.2) is 140 Å². The van der Waals surface area contributed by atoms with Gasteiger partial charge in [0, 0.05) is 6.42 Å². The van der Waals surface area contributed by atoms with Crippen LogP contribution in [0, 0.1) is 0 Å². The molecule has 2 aliphatic heterocycles. The molecule has 0 radical (unpaired) electrons. The second-order valence-electron chi connectivity index (χ2n) is 23.3. The second kappa shape index (κ2) is 48.7. The first kappa shape index (κ1) is 71.1. The lowest BCUT2D eigenvalue weighted by molar-refractivity contribution is -0.359. The van der Waals surface area contributed by atoms with Crippen molar-refractivity contribution in [3.05, 3.63) is 0 Å². The highest BCUT2D eigenvalue weighted by atomic mass is 16.7. The Labute approximate surface area is 464 Å². The predicted octanol–water partition coefficient (Wildman–Crippen LogP) is 11.7. The number of aliphatic hydroxyl groups is 8. The first-order valence-electron chi connectivity index (χ1n) is 32.3. The van der Waals surface area contributed by atoms with Gasteiger partial charge in [-0.25, -0.2) is 0 Å². The summed E-state index contributed by atoms with van der Waals surface area (Å²) in [6.07, 6.45) is 38.2. The van der Waals surface area contributed by atoms with Gasteiger partial charge in [-0.1, -0.05) is 277 Å². The maximum Gasteiger partial charge on any atom is 0.220 e. The Bertz CT molecular complexity index is 1280. The summed E-state index contributed by atoms with van der Waals surface area (Å²) in [4.78, 5) is 13.3. The van der Waals surface area contributed by atoms with Gasteiger partial charge in [0.05, 0.1) is 32.0 Å². The molecular formula is C62H121NO13. The number of unbranched alkanes of at least 4 members (excludes halogenated alkanes) is 40. The zero-order valence-electron chi connectivity index (χ0n) is 48.8. The molecule has 0 spiro atoms. The summed E-state index contributed by atoms with van der Waals surface area (Å²) in [5.41, 5.74) is 0. The van der Waals surface area contributed by atoms with Crippen LogP contribution in [-0.2, 0) is 23.7 Å². The quantitative estimate of drug-likeness (QED) is 0.0259. The molecular weight excluding hydrogens is 967 g/mol. The highest BCUT2D eigenvalue weighted by molar-refractivity contribution is 5.76. The summed E-state index contributed by atoms with van der Waals surface area (Å²) in [6.45, 7) is 2.92. The van der Waals surface area contributed by atoms with Crippen molar-refractivity contribution in [3.63, 3.8) is 0 Å². The summed E-state index contributed by atoms with van der Waals surface area (Å²) in [5.74, 6) is -0.198. The third-order valence-corrected chi connectivity index (χ3v) is 16.3. The summed E-state index contributed by atoms with van der Waals surface area (Å²) < 4.78 is 22.9. The van der Waals surface area contributed by atoms with Crippen molar-refractivity contribution >= 4 is 5.91 Å². The van der Waals surface area contributed by atoms with E-state index in [0.29, 0.717) is 12.8 Å². The third kappa shape index (κ3) is 33.7. The Hall–Kier alpha value is -1.01. The predicted molar refractivity (Wildman–Crippen MR) is 305 cm³/mol. The Morgan fingerprint density at radius 2 is 0.750 bits per heavy atom. The molecule has 2 aliphatic rings. The van der Waals surface area contributed by atoms with E-state index in [1.165, 1.54) is 218 Å². The first-order chi connectivity index (χ1) is 37.1. The number of ether oxygens (including phenoxy) is 4. The average molecular weight is 1090 g/mol. The minimum Gasteiger partial charge on any atom is -0.394 e. The van der Waals surface area contributed by atoms with Crippen molar-refractivity contribution < 1.29 is 64.6 Å². The van der Waals surface area contributed by atoms with Gasteiger partial charge in [0.15, 0.2) is 12.6 Å². The molecule has 2 heterocycles. The fraction of sp³-hybridized carbons (Fsp3) is 0.984. The van der Waals surface area contributed by atoms with Gasteiger partial charge in [-0.3, -0.25) is 4.79 Å². The number of nitrogens with one attached hydrogen (secondary N) is 1. The van der Waals surface area contributed by atoms with E-state index in [-0.39, 0.29) is 12.5 Å². The van der Waals surface area contributed by atoms with Gasteiger partial charge in [-0.15, -0.1) is 0 Å². The molecule has 12 unspecified atom stereocenters. The second-order valence-corrected chi connectivity index (χ2v) is 23.3. The monoisotopic (exact) mass is 1090 g/mol. The molecule has 0 aromatic carbocycles. The molecule has 2 rings (SSSR count). The lowest BCUT2D eigenvalue weighted by Gasteiger charge is -2.46. The number of hydrogen-bond donors (Lipinski definition) is 9. The fourth-order valence-electron chi connectivity index (χ4n) is 11.1. The van der Waals surface area contributed by atoms with Crippen LogP contribution in [0.25, 0.3) is 0 Å². The third-order valence-electron chi connectivity index (χ3n) is 16.3. The molecule has 9 N–H and O–H groups in total. The normalized spacial score (nSPS) is 24.8. The number of carbonyl (C=O) groups excluding carboxylic acids is 1. The SMILES string of the molecule is CCCCCCCCCCCCCCCCCCCCCCCCC(=O)NC(COC1OC(CO)C(OC2OC(CO)C(O)C(O)C2O)C(O)C1O)C(O)CCCCCCCCCCCCCCCCCCCCCC. The summed E-state index contributed by atoms with van der Waals surface area (Å²) in [5, 5.41) is 87.4. The van der Waals surface area contributed by atoms with Crippen molar-refractivity contribution in [3.8, 4) is 0 Å². The van der Waals surface area contributed by atoms with E-state index in [4.69, 9.17) is 18.9 Å². The van der Waals surface area contributed by atoms with Crippen molar-refractivity contribution in [2.75, 3.05) is 19.8 Å². The Kier molecular flexibility index (Phi) is 45.5. The minimum atomic E-state index is -1.78. The molecule has 1 amide bonds. The van der Waals surface area contributed by atoms with E-state index in [9.17, 15) is 45.6 Å². The van der Waals surface area contributed by atoms with Crippen LogP contribution in [0.15, 0.2) is 0 Å². The van der Waals surface area contributed by atoms with E-state index in [0.717, 1.165) is 51.4 Å². The Morgan fingerprint density at radius 3 is 1.12 bits per heavy atom. The number of hydrogen-bond acceptors (Lipinski definition) is 13. The first-order valence-corrected chi connectivity index (χ1v) is 32.3. The molecule has 14 nitrogen and oxygen atoms in total. The summed E-state index contributed by atoms with van der Waals surface area (Å²) in [6, 6.07) is -0.823. The van der Waals surface area contributed by atoms with Gasteiger partial charge in [0.2, 0.25) is 5.91 Å². The van der Waals surface area contributed by atoms with Crippen LogP contribution >= 0.6 is 0 Å². The van der Waals surface area contributed by atoms with Crippen LogP contribution in [0.5, 0.6) is 0 Å². The van der Waals surface area contributed by atoms with Gasteiger partial charge >= 0.3 is 0 Å². The Balaban J connectivity index is 1.71. The number of amides is 1. The summed E-state index contributed by atoms with van der Waals surface area (Å²) >= 11 is 0. The molecule has 0 aromatic rings. The molecule has 0 aromatic heterocycles. The minimum absolute atomic E-state index is 0.198. The number of rotatable bonds is 53. The van der Waals surface area contributed by atoms with E-state index >= 15 is 0 Å². The van der Waals surface area contributed by atoms with Gasteiger partial charge < -0.3 is 65.1 Å². The van der Waals surface area contributed by atoms with Crippen molar-refractivity contribution in [2.24, 2.45) is 0 Å². The standard InChI is InChI=1S/C62H121NO13/c1-3-5-7-9-11-13-15-17-19-21-23-25-26-28-30-32-34-36-38-40-42-44-46-54(67)63-50(51(66)45-43-41-39-37-35-33-31-29-27-24-22-20-18-16-14-12-10-8-6-4-2)49-73-61-59(72)57(70)60(53(48-65)75-61)76-62-58(71)56(69)55(68)52(47-64)74-62/h50-53,55-62,64-66,68-72H,3-49H2,1-2H3,(H,63,67). The average Bonchev–Trinajstić information content (AvgIpc) is 3.42. The lowest BCUT2D eigenvalue weighted by atomic mass is 9.97. The zero-order chi connectivity index (χ0) is 55.3. The molecule has 2 fully saturated rings. The molecule has 0 saturated carbocycles. The lowest BCUT2D eigenvalue weighted by Crippen LogP contribution is -2.65. The van der Waals surface area contributed by atoms with Crippen molar-refractivity contribution in [1.82, 2.24) is 5.32 Å². The molecule has 76 heavy (non-hydrogen) atoms. The van der Waals surface area contributed by atoms with Crippen LogP contribution in [0.4, 0.5) is 0 Å². The van der Waals surface area contributed by atoms with Crippen molar-refractivity contribution in [1.29, 1.82) is 0 Å². The maximum atomic E-state index is 13.3. The molecule has 0 aliphatic carbocycles. The van der Waals surface area contributed by atoms with Crippen molar-refractivity contribution in [2.45, 2.75) is 370 Å².